The Labute approximate surface area is 106 Å². The van der Waals surface area contributed by atoms with Crippen molar-refractivity contribution in [1.29, 1.82) is 0 Å². The van der Waals surface area contributed by atoms with Crippen molar-refractivity contribution in [3.8, 4) is 11.3 Å². The van der Waals surface area contributed by atoms with Crippen LogP contribution >= 0.6 is 27.5 Å². The maximum absolute atomic E-state index is 12.9. The van der Waals surface area contributed by atoms with Crippen molar-refractivity contribution >= 4 is 27.5 Å². The minimum absolute atomic E-state index is 0.350. The third kappa shape index (κ3) is 1.87. The average Bonchev–Trinajstić information content (AvgIpc) is 2.46. The van der Waals surface area contributed by atoms with Crippen LogP contribution in [0, 0.1) is 12.7 Å². The molecule has 1 aromatic carbocycles. The highest BCUT2D eigenvalue weighted by atomic mass is 79.9. The molecule has 1 aromatic heterocycles. The second-order valence-electron chi connectivity index (χ2n) is 3.50. The quantitative estimate of drug-likeness (QED) is 0.780. The largest absolute Gasteiger partial charge is 0.271 e. The molecular weight excluding hydrogens is 294 g/mol. The van der Waals surface area contributed by atoms with Crippen molar-refractivity contribution in [1.82, 2.24) is 9.78 Å². The molecule has 0 radical (unpaired) electrons. The first-order chi connectivity index (χ1) is 7.50. The molecule has 0 saturated carbocycles. The van der Waals surface area contributed by atoms with Crippen LogP contribution in [0.4, 0.5) is 4.39 Å². The smallest absolute Gasteiger partial charge is 0.124 e. The van der Waals surface area contributed by atoms with E-state index in [0.717, 1.165) is 21.4 Å². The predicted molar refractivity (Wildman–Crippen MR) is 66.0 cm³/mol. The van der Waals surface area contributed by atoms with E-state index in [9.17, 15) is 4.39 Å². The zero-order valence-electron chi connectivity index (χ0n) is 8.76. The molecule has 16 heavy (non-hydrogen) atoms. The number of benzene rings is 1. The highest BCUT2D eigenvalue weighted by Crippen LogP contribution is 2.34. The summed E-state index contributed by atoms with van der Waals surface area (Å²) in [5, 5.41) is 4.69. The first kappa shape index (κ1) is 11.6. The number of nitrogens with zero attached hydrogens (tertiary/aromatic N) is 2. The Morgan fingerprint density at radius 3 is 2.62 bits per heavy atom. The summed E-state index contributed by atoms with van der Waals surface area (Å²) >= 11 is 9.44. The van der Waals surface area contributed by atoms with Gasteiger partial charge in [-0.3, -0.25) is 4.68 Å². The number of hydrogen-bond acceptors (Lipinski definition) is 1. The van der Waals surface area contributed by atoms with E-state index < -0.39 is 0 Å². The summed E-state index contributed by atoms with van der Waals surface area (Å²) in [6.07, 6.45) is 0. The predicted octanol–water partition coefficient (Wildman–Crippen LogP) is 3.95. The van der Waals surface area contributed by atoms with Gasteiger partial charge in [0.25, 0.3) is 0 Å². The van der Waals surface area contributed by atoms with Gasteiger partial charge in [0.15, 0.2) is 0 Å². The second-order valence-corrected chi connectivity index (χ2v) is 4.70. The van der Waals surface area contributed by atoms with Gasteiger partial charge in [0.05, 0.1) is 9.50 Å². The fourth-order valence-corrected chi connectivity index (χ4v) is 2.24. The van der Waals surface area contributed by atoms with E-state index in [1.807, 2.05) is 14.0 Å². The third-order valence-electron chi connectivity index (χ3n) is 2.45. The highest BCUT2D eigenvalue weighted by molar-refractivity contribution is 9.10. The fourth-order valence-electron chi connectivity index (χ4n) is 1.44. The molecular formula is C11H9BrClFN2. The standard InChI is InChI=1S/C11H9BrClFN2/c1-6-10(12)11(15-16(6)2)8-4-3-7(14)5-9(8)13/h3-5H,1-2H3. The Kier molecular flexibility index (Phi) is 3.04. The molecule has 0 aliphatic rings. The molecule has 0 aliphatic heterocycles. The third-order valence-corrected chi connectivity index (χ3v) is 3.71. The van der Waals surface area contributed by atoms with Crippen LogP contribution in [0.25, 0.3) is 11.3 Å². The van der Waals surface area contributed by atoms with Gasteiger partial charge in [-0.1, -0.05) is 11.6 Å². The van der Waals surface area contributed by atoms with Crippen LogP contribution in [0.1, 0.15) is 5.69 Å². The fraction of sp³-hybridized carbons (Fsp3) is 0.182. The van der Waals surface area contributed by atoms with Crippen molar-refractivity contribution in [2.24, 2.45) is 7.05 Å². The maximum atomic E-state index is 12.9. The summed E-state index contributed by atoms with van der Waals surface area (Å²) in [6.45, 7) is 1.94. The van der Waals surface area contributed by atoms with E-state index in [1.165, 1.54) is 12.1 Å². The minimum atomic E-state index is -0.350. The molecule has 0 saturated heterocycles. The number of hydrogen-bond donors (Lipinski definition) is 0. The van der Waals surface area contributed by atoms with E-state index >= 15 is 0 Å². The van der Waals surface area contributed by atoms with Crippen molar-refractivity contribution in [3.63, 3.8) is 0 Å². The average molecular weight is 304 g/mol. The summed E-state index contributed by atoms with van der Waals surface area (Å²) in [6, 6.07) is 4.29. The first-order valence-electron chi connectivity index (χ1n) is 4.65. The van der Waals surface area contributed by atoms with E-state index in [1.54, 1.807) is 10.7 Å². The van der Waals surface area contributed by atoms with E-state index in [-0.39, 0.29) is 5.82 Å². The number of halogens is 3. The highest BCUT2D eigenvalue weighted by Gasteiger charge is 2.15. The normalized spacial score (nSPS) is 10.8. The number of aryl methyl sites for hydroxylation is 1. The molecule has 1 heterocycles. The molecule has 5 heteroatoms. The van der Waals surface area contributed by atoms with Crippen molar-refractivity contribution in [3.05, 3.63) is 39.2 Å². The lowest BCUT2D eigenvalue weighted by atomic mass is 10.1. The van der Waals surface area contributed by atoms with Gasteiger partial charge >= 0.3 is 0 Å². The summed E-state index contributed by atoms with van der Waals surface area (Å²) < 4.78 is 15.6. The zero-order chi connectivity index (χ0) is 11.9. The van der Waals surface area contributed by atoms with E-state index in [2.05, 4.69) is 21.0 Å². The van der Waals surface area contributed by atoms with Gasteiger partial charge in [-0.2, -0.15) is 5.10 Å². The van der Waals surface area contributed by atoms with Crippen LogP contribution in [0.5, 0.6) is 0 Å². The molecule has 0 bridgehead atoms. The molecule has 0 atom stereocenters. The molecule has 0 unspecified atom stereocenters. The lowest BCUT2D eigenvalue weighted by Gasteiger charge is -2.01. The molecule has 0 aliphatic carbocycles. The zero-order valence-corrected chi connectivity index (χ0v) is 11.1. The molecule has 2 rings (SSSR count). The van der Waals surface area contributed by atoms with Gasteiger partial charge in [-0.25, -0.2) is 4.39 Å². The van der Waals surface area contributed by atoms with Crippen LogP contribution < -0.4 is 0 Å². The van der Waals surface area contributed by atoms with Gasteiger partial charge in [-0.05, 0) is 41.1 Å². The maximum Gasteiger partial charge on any atom is 0.124 e. The Hall–Kier alpha value is -0.870. The van der Waals surface area contributed by atoms with Crippen LogP contribution in [-0.4, -0.2) is 9.78 Å². The number of aromatic nitrogens is 2. The first-order valence-corrected chi connectivity index (χ1v) is 5.82. The Balaban J connectivity index is 2.63. The molecule has 84 valence electrons. The van der Waals surface area contributed by atoms with Gasteiger partial charge in [0.2, 0.25) is 0 Å². The van der Waals surface area contributed by atoms with Crippen LogP contribution in [-0.2, 0) is 7.05 Å². The molecule has 0 amide bonds. The Bertz CT molecular complexity index is 551. The van der Waals surface area contributed by atoms with Crippen molar-refractivity contribution < 1.29 is 4.39 Å². The van der Waals surface area contributed by atoms with Crippen LogP contribution in [0.3, 0.4) is 0 Å². The van der Waals surface area contributed by atoms with Crippen LogP contribution in [0.15, 0.2) is 22.7 Å². The van der Waals surface area contributed by atoms with Gasteiger partial charge in [-0.15, -0.1) is 0 Å². The minimum Gasteiger partial charge on any atom is -0.271 e. The van der Waals surface area contributed by atoms with Crippen LogP contribution in [0.2, 0.25) is 5.02 Å². The van der Waals surface area contributed by atoms with Crippen molar-refractivity contribution in [2.75, 3.05) is 0 Å². The summed E-state index contributed by atoms with van der Waals surface area (Å²) in [7, 11) is 1.85. The number of rotatable bonds is 1. The second kappa shape index (κ2) is 4.18. The lowest BCUT2D eigenvalue weighted by molar-refractivity contribution is 0.628. The van der Waals surface area contributed by atoms with Gasteiger partial charge in [0.1, 0.15) is 11.5 Å². The molecule has 2 aromatic rings. The monoisotopic (exact) mass is 302 g/mol. The Morgan fingerprint density at radius 1 is 1.44 bits per heavy atom. The summed E-state index contributed by atoms with van der Waals surface area (Å²) in [4.78, 5) is 0. The molecule has 2 nitrogen and oxygen atoms in total. The van der Waals surface area contributed by atoms with Gasteiger partial charge < -0.3 is 0 Å². The van der Waals surface area contributed by atoms with E-state index in [0.29, 0.717) is 5.02 Å². The van der Waals surface area contributed by atoms with E-state index in [4.69, 9.17) is 11.6 Å². The summed E-state index contributed by atoms with van der Waals surface area (Å²) in [5.74, 6) is -0.350. The van der Waals surface area contributed by atoms with Gasteiger partial charge in [0, 0.05) is 18.3 Å². The van der Waals surface area contributed by atoms with Crippen molar-refractivity contribution in [2.45, 2.75) is 6.92 Å². The Morgan fingerprint density at radius 2 is 2.12 bits per heavy atom. The lowest BCUT2D eigenvalue weighted by Crippen LogP contribution is -1.92. The molecule has 0 spiro atoms. The summed E-state index contributed by atoms with van der Waals surface area (Å²) in [5.41, 5.74) is 2.44. The topological polar surface area (TPSA) is 17.8 Å². The molecule has 0 N–H and O–H groups in total. The molecule has 0 fully saturated rings. The SMILES string of the molecule is Cc1c(Br)c(-c2ccc(F)cc2Cl)nn1C.